The van der Waals surface area contributed by atoms with Crippen molar-refractivity contribution in [2.24, 2.45) is 11.8 Å². The number of likely N-dealkylation sites (tertiary alicyclic amines) is 1. The van der Waals surface area contributed by atoms with E-state index >= 15 is 0 Å². The summed E-state index contributed by atoms with van der Waals surface area (Å²) in [5.41, 5.74) is 0. The van der Waals surface area contributed by atoms with E-state index in [4.69, 9.17) is 0 Å². The monoisotopic (exact) mass is 226 g/mol. The zero-order valence-corrected chi connectivity index (χ0v) is 11.2. The highest BCUT2D eigenvalue weighted by Crippen LogP contribution is 2.26. The van der Waals surface area contributed by atoms with Gasteiger partial charge in [0.05, 0.1) is 6.54 Å². The van der Waals surface area contributed by atoms with Crippen molar-refractivity contribution in [3.05, 3.63) is 0 Å². The van der Waals surface area contributed by atoms with Crippen LogP contribution in [0.25, 0.3) is 0 Å². The van der Waals surface area contributed by atoms with Crippen molar-refractivity contribution in [3.63, 3.8) is 0 Å². The minimum absolute atomic E-state index is 0.285. The van der Waals surface area contributed by atoms with Gasteiger partial charge in [0.15, 0.2) is 0 Å². The summed E-state index contributed by atoms with van der Waals surface area (Å²) < 4.78 is 0. The van der Waals surface area contributed by atoms with Crippen LogP contribution in [0.15, 0.2) is 0 Å². The van der Waals surface area contributed by atoms with Gasteiger partial charge in [-0.3, -0.25) is 4.79 Å². The van der Waals surface area contributed by atoms with Crippen LogP contribution in [0.2, 0.25) is 0 Å². The van der Waals surface area contributed by atoms with Crippen molar-refractivity contribution in [2.75, 3.05) is 33.7 Å². The number of carbonyl (C=O) groups is 1. The van der Waals surface area contributed by atoms with Crippen LogP contribution in [-0.2, 0) is 4.79 Å². The number of nitrogens with zero attached hydrogens (tertiary/aromatic N) is 2. The highest BCUT2D eigenvalue weighted by Gasteiger charge is 2.25. The summed E-state index contributed by atoms with van der Waals surface area (Å²) in [5.74, 6) is 1.92. The maximum Gasteiger partial charge on any atom is 0.236 e. The van der Waals surface area contributed by atoms with Crippen LogP contribution in [0.1, 0.15) is 33.1 Å². The molecule has 0 radical (unpaired) electrons. The fourth-order valence-corrected chi connectivity index (χ4v) is 2.42. The summed E-state index contributed by atoms with van der Waals surface area (Å²) in [6, 6.07) is 0. The second-order valence-corrected chi connectivity index (χ2v) is 5.34. The molecular weight excluding hydrogens is 200 g/mol. The third-order valence-corrected chi connectivity index (χ3v) is 3.79. The number of hydrogen-bond donors (Lipinski definition) is 0. The Balaban J connectivity index is 2.34. The van der Waals surface area contributed by atoms with E-state index in [1.807, 2.05) is 23.9 Å². The lowest BCUT2D eigenvalue weighted by Gasteiger charge is -2.35. The van der Waals surface area contributed by atoms with Gasteiger partial charge in [-0.05, 0) is 38.8 Å². The molecular formula is C13H26N2O. The fraction of sp³-hybridized carbons (Fsp3) is 0.923. The van der Waals surface area contributed by atoms with Gasteiger partial charge in [-0.15, -0.1) is 0 Å². The van der Waals surface area contributed by atoms with Crippen LogP contribution in [0.3, 0.4) is 0 Å². The van der Waals surface area contributed by atoms with Gasteiger partial charge in [0.25, 0.3) is 0 Å². The first-order chi connectivity index (χ1) is 7.54. The molecule has 1 unspecified atom stereocenters. The summed E-state index contributed by atoms with van der Waals surface area (Å²) in [6.45, 7) is 7.06. The average Bonchev–Trinajstić information content (AvgIpc) is 2.27. The van der Waals surface area contributed by atoms with Crippen LogP contribution in [0.4, 0.5) is 0 Å². The number of carbonyl (C=O) groups excluding carboxylic acids is 1. The van der Waals surface area contributed by atoms with E-state index < -0.39 is 0 Å². The van der Waals surface area contributed by atoms with E-state index in [1.165, 1.54) is 19.3 Å². The molecule has 0 aromatic heterocycles. The van der Waals surface area contributed by atoms with Gasteiger partial charge >= 0.3 is 0 Å². The van der Waals surface area contributed by atoms with E-state index in [0.29, 0.717) is 6.54 Å². The normalized spacial score (nSPS) is 20.2. The van der Waals surface area contributed by atoms with E-state index in [0.717, 1.165) is 24.9 Å². The van der Waals surface area contributed by atoms with E-state index in [1.54, 1.807) is 0 Å². The Morgan fingerprint density at radius 2 is 1.94 bits per heavy atom. The highest BCUT2D eigenvalue weighted by atomic mass is 16.2. The summed E-state index contributed by atoms with van der Waals surface area (Å²) in [5, 5.41) is 0. The first-order valence-electron chi connectivity index (χ1n) is 6.47. The summed E-state index contributed by atoms with van der Waals surface area (Å²) in [4.78, 5) is 15.8. The number of likely N-dealkylation sites (N-methyl/N-ethyl adjacent to an activating group) is 1. The first-order valence-corrected chi connectivity index (χ1v) is 6.47. The number of amides is 1. The molecule has 3 heteroatoms. The maximum absolute atomic E-state index is 11.8. The van der Waals surface area contributed by atoms with Crippen LogP contribution in [0, 0.1) is 11.8 Å². The average molecular weight is 226 g/mol. The van der Waals surface area contributed by atoms with Gasteiger partial charge in [-0.25, -0.2) is 0 Å². The molecule has 0 aromatic rings. The van der Waals surface area contributed by atoms with Crippen molar-refractivity contribution >= 4 is 5.91 Å². The lowest BCUT2D eigenvalue weighted by molar-refractivity contribution is -0.133. The molecule has 1 amide bonds. The van der Waals surface area contributed by atoms with Crippen molar-refractivity contribution in [1.82, 2.24) is 9.80 Å². The number of hydrogen-bond acceptors (Lipinski definition) is 2. The molecule has 0 N–H and O–H groups in total. The van der Waals surface area contributed by atoms with E-state index in [-0.39, 0.29) is 5.91 Å². The van der Waals surface area contributed by atoms with E-state index in [9.17, 15) is 4.79 Å². The van der Waals surface area contributed by atoms with Gasteiger partial charge in [0.1, 0.15) is 0 Å². The lowest BCUT2D eigenvalue weighted by Crippen LogP contribution is -2.43. The Morgan fingerprint density at radius 3 is 2.38 bits per heavy atom. The summed E-state index contributed by atoms with van der Waals surface area (Å²) in [7, 11) is 3.90. The van der Waals surface area contributed by atoms with Gasteiger partial charge in [0, 0.05) is 13.1 Å². The topological polar surface area (TPSA) is 23.6 Å². The standard InChI is InChI=1S/C13H26N2O/c1-5-11(2)12-6-8-15(9-7-12)13(16)10-14(3)4/h11-12H,5-10H2,1-4H3. The Hall–Kier alpha value is -0.570. The molecule has 3 nitrogen and oxygen atoms in total. The molecule has 1 heterocycles. The van der Waals surface area contributed by atoms with Gasteiger partial charge in [0.2, 0.25) is 5.91 Å². The molecule has 1 aliphatic rings. The highest BCUT2D eigenvalue weighted by molar-refractivity contribution is 5.78. The molecule has 1 rings (SSSR count). The predicted octanol–water partition coefficient (Wildman–Crippen LogP) is 1.83. The fourth-order valence-electron chi connectivity index (χ4n) is 2.42. The Labute approximate surface area is 99.8 Å². The van der Waals surface area contributed by atoms with Crippen molar-refractivity contribution in [3.8, 4) is 0 Å². The molecule has 0 aromatic carbocycles. The van der Waals surface area contributed by atoms with Gasteiger partial charge in [-0.2, -0.15) is 0 Å². The maximum atomic E-state index is 11.8. The predicted molar refractivity (Wildman–Crippen MR) is 67.3 cm³/mol. The van der Waals surface area contributed by atoms with Crippen molar-refractivity contribution in [2.45, 2.75) is 33.1 Å². The minimum Gasteiger partial charge on any atom is -0.342 e. The molecule has 0 saturated carbocycles. The second kappa shape index (κ2) is 6.24. The van der Waals surface area contributed by atoms with E-state index in [2.05, 4.69) is 13.8 Å². The van der Waals surface area contributed by atoms with Crippen LogP contribution >= 0.6 is 0 Å². The zero-order chi connectivity index (χ0) is 12.1. The first kappa shape index (κ1) is 13.5. The van der Waals surface area contributed by atoms with Crippen molar-refractivity contribution < 1.29 is 4.79 Å². The smallest absolute Gasteiger partial charge is 0.236 e. The van der Waals surface area contributed by atoms with Crippen molar-refractivity contribution in [1.29, 1.82) is 0 Å². The lowest BCUT2D eigenvalue weighted by atomic mass is 9.84. The molecule has 16 heavy (non-hydrogen) atoms. The second-order valence-electron chi connectivity index (χ2n) is 5.34. The molecule has 1 saturated heterocycles. The molecule has 0 spiro atoms. The largest absolute Gasteiger partial charge is 0.342 e. The molecule has 1 aliphatic heterocycles. The third-order valence-electron chi connectivity index (χ3n) is 3.79. The molecule has 1 atom stereocenters. The Bertz CT molecular complexity index is 220. The molecule has 0 bridgehead atoms. The summed E-state index contributed by atoms with van der Waals surface area (Å²) in [6.07, 6.45) is 3.64. The van der Waals surface area contributed by atoms with Gasteiger partial charge in [-0.1, -0.05) is 20.3 Å². The minimum atomic E-state index is 0.285. The molecule has 94 valence electrons. The third kappa shape index (κ3) is 3.78. The quantitative estimate of drug-likeness (QED) is 0.730. The van der Waals surface area contributed by atoms with Crippen LogP contribution < -0.4 is 0 Å². The zero-order valence-electron chi connectivity index (χ0n) is 11.2. The molecule has 1 fully saturated rings. The summed E-state index contributed by atoms with van der Waals surface area (Å²) >= 11 is 0. The Kier molecular flexibility index (Phi) is 5.26. The van der Waals surface area contributed by atoms with Crippen LogP contribution in [-0.4, -0.2) is 49.4 Å². The number of piperidine rings is 1. The molecule has 0 aliphatic carbocycles. The SMILES string of the molecule is CCC(C)C1CCN(C(=O)CN(C)C)CC1. The van der Waals surface area contributed by atoms with Crippen LogP contribution in [0.5, 0.6) is 0 Å². The van der Waals surface area contributed by atoms with Gasteiger partial charge < -0.3 is 9.80 Å². The Morgan fingerprint density at radius 1 is 1.38 bits per heavy atom. The number of rotatable bonds is 4.